The predicted octanol–water partition coefficient (Wildman–Crippen LogP) is 4.34. The van der Waals surface area contributed by atoms with E-state index in [9.17, 15) is 10.1 Å². The lowest BCUT2D eigenvalue weighted by Gasteiger charge is -2.11. The maximum absolute atomic E-state index is 10.7. The van der Waals surface area contributed by atoms with Gasteiger partial charge in [0.1, 0.15) is 17.4 Å². The Balaban J connectivity index is 1.62. The van der Waals surface area contributed by atoms with E-state index in [0.29, 0.717) is 17.6 Å². The molecule has 0 aliphatic carbocycles. The van der Waals surface area contributed by atoms with Gasteiger partial charge in [-0.2, -0.15) is 0 Å². The highest BCUT2D eigenvalue weighted by Crippen LogP contribution is 2.37. The molecule has 4 nitrogen and oxygen atoms in total. The van der Waals surface area contributed by atoms with Crippen LogP contribution < -0.4 is 4.74 Å². The minimum atomic E-state index is -0.504. The van der Waals surface area contributed by atoms with E-state index < -0.39 is 4.92 Å². The van der Waals surface area contributed by atoms with E-state index >= 15 is 0 Å². The number of hydrogen-bond acceptors (Lipinski definition) is 4. The fourth-order valence-corrected chi connectivity index (χ4v) is 3.72. The first-order valence-electron chi connectivity index (χ1n) is 6.45. The molecule has 0 saturated carbocycles. The number of hydrogen-bond donors (Lipinski definition) is 0. The molecule has 0 amide bonds. The van der Waals surface area contributed by atoms with Gasteiger partial charge < -0.3 is 4.74 Å². The fourth-order valence-electron chi connectivity index (χ4n) is 2.26. The average Bonchev–Trinajstić information content (AvgIpc) is 2.87. The number of benzene rings is 2. The molecule has 0 spiro atoms. The van der Waals surface area contributed by atoms with Crippen molar-refractivity contribution >= 4 is 29.1 Å². The van der Waals surface area contributed by atoms with E-state index in [0.717, 1.165) is 6.42 Å². The Labute approximate surface area is 131 Å². The summed E-state index contributed by atoms with van der Waals surface area (Å²) < 4.78 is 5.71. The van der Waals surface area contributed by atoms with Crippen LogP contribution >= 0.6 is 23.4 Å². The molecule has 1 unspecified atom stereocenters. The second kappa shape index (κ2) is 5.95. The van der Waals surface area contributed by atoms with Crippen LogP contribution in [0.5, 0.6) is 5.75 Å². The van der Waals surface area contributed by atoms with Crippen LogP contribution in [-0.4, -0.2) is 16.8 Å². The molecule has 0 saturated heterocycles. The summed E-state index contributed by atoms with van der Waals surface area (Å²) in [4.78, 5) is 11.5. The van der Waals surface area contributed by atoms with Crippen molar-refractivity contribution < 1.29 is 9.66 Å². The number of thioether (sulfide) groups is 1. The number of nitro benzene ring substituents is 1. The van der Waals surface area contributed by atoms with Crippen LogP contribution in [0.4, 0.5) is 5.69 Å². The maximum Gasteiger partial charge on any atom is 0.288 e. The highest BCUT2D eigenvalue weighted by atomic mass is 35.5. The Bertz CT molecular complexity index is 667. The van der Waals surface area contributed by atoms with Crippen LogP contribution in [0.15, 0.2) is 47.4 Å². The average molecular weight is 322 g/mol. The van der Waals surface area contributed by atoms with Crippen molar-refractivity contribution in [3.8, 4) is 5.75 Å². The molecule has 21 heavy (non-hydrogen) atoms. The molecule has 1 aliphatic heterocycles. The smallest absolute Gasteiger partial charge is 0.288 e. The number of fused-ring (bicyclic) bond motifs is 1. The molecule has 3 rings (SSSR count). The first-order chi connectivity index (χ1) is 10.1. The number of nitrogens with zero attached hydrogens (tertiary/aromatic N) is 1. The summed E-state index contributed by atoms with van der Waals surface area (Å²) in [5, 5.41) is 11.2. The van der Waals surface area contributed by atoms with Gasteiger partial charge in [0.25, 0.3) is 5.69 Å². The zero-order chi connectivity index (χ0) is 14.8. The lowest BCUT2D eigenvalue weighted by atomic mass is 10.1. The highest BCUT2D eigenvalue weighted by molar-refractivity contribution is 8.00. The summed E-state index contributed by atoms with van der Waals surface area (Å²) in [6.45, 7) is 0.549. The van der Waals surface area contributed by atoms with Gasteiger partial charge in [0.05, 0.1) is 4.92 Å². The van der Waals surface area contributed by atoms with Crippen molar-refractivity contribution in [2.75, 3.05) is 6.61 Å². The molecule has 0 radical (unpaired) electrons. The van der Waals surface area contributed by atoms with Crippen molar-refractivity contribution in [3.05, 3.63) is 63.2 Å². The number of rotatable bonds is 4. The first kappa shape index (κ1) is 14.2. The van der Waals surface area contributed by atoms with Crippen molar-refractivity contribution in [1.82, 2.24) is 0 Å². The first-order valence-corrected chi connectivity index (χ1v) is 7.70. The molecule has 108 valence electrons. The van der Waals surface area contributed by atoms with E-state index in [-0.39, 0.29) is 10.7 Å². The molecule has 0 aromatic heterocycles. The van der Waals surface area contributed by atoms with Gasteiger partial charge in [0, 0.05) is 22.3 Å². The van der Waals surface area contributed by atoms with E-state index in [1.54, 1.807) is 17.8 Å². The van der Waals surface area contributed by atoms with Crippen LogP contribution in [0.3, 0.4) is 0 Å². The molecular formula is C15H12ClNO3S. The zero-order valence-corrected chi connectivity index (χ0v) is 12.6. The van der Waals surface area contributed by atoms with Crippen molar-refractivity contribution in [3.63, 3.8) is 0 Å². The zero-order valence-electron chi connectivity index (χ0n) is 11.0. The SMILES string of the molecule is O=[N+]([O-])c1ccc(OCC2Cc3ccccc3S2)cc1Cl. The normalized spacial score (nSPS) is 16.5. The van der Waals surface area contributed by atoms with Gasteiger partial charge >= 0.3 is 0 Å². The predicted molar refractivity (Wildman–Crippen MR) is 83.4 cm³/mol. The molecule has 2 aromatic carbocycles. The molecule has 0 N–H and O–H groups in total. The summed E-state index contributed by atoms with van der Waals surface area (Å²) in [6, 6.07) is 12.8. The van der Waals surface area contributed by atoms with Gasteiger partial charge in [-0.1, -0.05) is 29.8 Å². The van der Waals surface area contributed by atoms with E-state index in [1.165, 1.54) is 22.6 Å². The van der Waals surface area contributed by atoms with Crippen molar-refractivity contribution in [1.29, 1.82) is 0 Å². The third kappa shape index (κ3) is 3.14. The quantitative estimate of drug-likeness (QED) is 0.620. The topological polar surface area (TPSA) is 52.4 Å². The summed E-state index contributed by atoms with van der Waals surface area (Å²) in [7, 11) is 0. The Morgan fingerprint density at radius 3 is 2.86 bits per heavy atom. The Hall–Kier alpha value is -1.72. The van der Waals surface area contributed by atoms with Gasteiger partial charge in [-0.3, -0.25) is 10.1 Å². The molecule has 0 bridgehead atoms. The standard InChI is InChI=1S/C15H12ClNO3S/c16-13-8-11(5-6-14(13)17(18)19)20-9-12-7-10-3-1-2-4-15(10)21-12/h1-6,8,12H,7,9H2. The van der Waals surface area contributed by atoms with Crippen molar-refractivity contribution in [2.24, 2.45) is 0 Å². The molecular weight excluding hydrogens is 310 g/mol. The Morgan fingerprint density at radius 1 is 1.33 bits per heavy atom. The summed E-state index contributed by atoms with van der Waals surface area (Å²) >= 11 is 7.67. The highest BCUT2D eigenvalue weighted by Gasteiger charge is 2.22. The van der Waals surface area contributed by atoms with E-state index in [2.05, 4.69) is 12.1 Å². The van der Waals surface area contributed by atoms with Gasteiger partial charge in [-0.05, 0) is 24.1 Å². The molecule has 2 aromatic rings. The Morgan fingerprint density at radius 2 is 2.14 bits per heavy atom. The second-order valence-corrected chi connectivity index (χ2v) is 6.48. The fraction of sp³-hybridized carbons (Fsp3) is 0.200. The second-order valence-electron chi connectivity index (χ2n) is 4.73. The Kier molecular flexibility index (Phi) is 4.03. The molecule has 6 heteroatoms. The third-order valence-corrected chi connectivity index (χ3v) is 4.86. The van der Waals surface area contributed by atoms with Crippen LogP contribution in [0.2, 0.25) is 5.02 Å². The molecule has 1 aliphatic rings. The van der Waals surface area contributed by atoms with Crippen LogP contribution in [-0.2, 0) is 6.42 Å². The molecule has 1 atom stereocenters. The third-order valence-electron chi connectivity index (χ3n) is 3.27. The number of halogens is 1. The maximum atomic E-state index is 10.7. The van der Waals surface area contributed by atoms with Crippen LogP contribution in [0.1, 0.15) is 5.56 Å². The largest absolute Gasteiger partial charge is 0.492 e. The van der Waals surface area contributed by atoms with Gasteiger partial charge in [0.15, 0.2) is 0 Å². The van der Waals surface area contributed by atoms with E-state index in [1.807, 2.05) is 12.1 Å². The molecule has 0 fully saturated rings. The number of nitro groups is 1. The lowest BCUT2D eigenvalue weighted by molar-refractivity contribution is -0.384. The lowest BCUT2D eigenvalue weighted by Crippen LogP contribution is -2.13. The summed E-state index contributed by atoms with van der Waals surface area (Å²) in [5.74, 6) is 0.558. The van der Waals surface area contributed by atoms with Gasteiger partial charge in [-0.15, -0.1) is 11.8 Å². The monoisotopic (exact) mass is 321 g/mol. The van der Waals surface area contributed by atoms with Gasteiger partial charge in [-0.25, -0.2) is 0 Å². The van der Waals surface area contributed by atoms with Crippen LogP contribution in [0.25, 0.3) is 0 Å². The minimum Gasteiger partial charge on any atom is -0.492 e. The summed E-state index contributed by atoms with van der Waals surface area (Å²) in [6.07, 6.45) is 0.974. The number of ether oxygens (including phenoxy) is 1. The van der Waals surface area contributed by atoms with Gasteiger partial charge in [0.2, 0.25) is 0 Å². The minimum absolute atomic E-state index is 0.0971. The molecule has 1 heterocycles. The summed E-state index contributed by atoms with van der Waals surface area (Å²) in [5.41, 5.74) is 1.24. The van der Waals surface area contributed by atoms with E-state index in [4.69, 9.17) is 16.3 Å². The van der Waals surface area contributed by atoms with Crippen LogP contribution in [0, 0.1) is 10.1 Å². The van der Waals surface area contributed by atoms with Crippen molar-refractivity contribution in [2.45, 2.75) is 16.6 Å².